The lowest BCUT2D eigenvalue weighted by molar-refractivity contribution is -0.138. The van der Waals surface area contributed by atoms with Crippen LogP contribution in [0.2, 0.25) is 0 Å². The molecule has 1 aromatic heterocycles. The van der Waals surface area contributed by atoms with E-state index in [9.17, 15) is 9.59 Å². The lowest BCUT2D eigenvalue weighted by Crippen LogP contribution is -2.34. The minimum atomic E-state index is -0.710. The first-order chi connectivity index (χ1) is 12.1. The predicted octanol–water partition coefficient (Wildman–Crippen LogP) is 1.49. The smallest absolute Gasteiger partial charge is 0.303 e. The van der Waals surface area contributed by atoms with Crippen LogP contribution < -0.4 is 10.2 Å². The number of carbonyl (C=O) groups excluding carboxylic acids is 1. The van der Waals surface area contributed by atoms with E-state index in [1.54, 1.807) is 0 Å². The molecule has 0 radical (unpaired) electrons. The topological polar surface area (TPSA) is 95.1 Å². The van der Waals surface area contributed by atoms with Gasteiger partial charge in [0.25, 0.3) is 0 Å². The van der Waals surface area contributed by atoms with Crippen LogP contribution in [0.1, 0.15) is 43.6 Å². The molecule has 3 aliphatic rings. The van der Waals surface area contributed by atoms with E-state index < -0.39 is 5.97 Å². The third-order valence-corrected chi connectivity index (χ3v) is 5.51. The molecule has 0 saturated carbocycles. The largest absolute Gasteiger partial charge is 0.481 e. The van der Waals surface area contributed by atoms with Crippen molar-refractivity contribution in [1.29, 1.82) is 0 Å². The highest BCUT2D eigenvalue weighted by molar-refractivity contribution is 5.77. The normalized spacial score (nSPS) is 29.5. The van der Waals surface area contributed by atoms with E-state index in [0.29, 0.717) is 6.42 Å². The van der Waals surface area contributed by atoms with Gasteiger partial charge in [0.2, 0.25) is 5.91 Å². The van der Waals surface area contributed by atoms with Crippen LogP contribution in [0, 0.1) is 5.92 Å². The third kappa shape index (κ3) is 3.61. The number of epoxide rings is 1. The summed E-state index contributed by atoms with van der Waals surface area (Å²) in [7, 11) is 0. The van der Waals surface area contributed by atoms with E-state index >= 15 is 0 Å². The van der Waals surface area contributed by atoms with E-state index in [2.05, 4.69) is 21.3 Å². The van der Waals surface area contributed by atoms with Gasteiger partial charge in [-0.2, -0.15) is 0 Å². The summed E-state index contributed by atoms with van der Waals surface area (Å²) in [5.41, 5.74) is 1.12. The standard InChI is InChI=1S/C18H23N3O4/c22-15-4-2-13(17-18(20-15)25-17)12-1-3-14(19-10-12)21-7-5-11(6-8-21)9-16(23)24/h1,3,10-11,13,17-18H,2,4-9H2,(H,20,22)(H,23,24). The monoisotopic (exact) mass is 345 g/mol. The van der Waals surface area contributed by atoms with Gasteiger partial charge in [0.15, 0.2) is 6.23 Å². The minimum Gasteiger partial charge on any atom is -0.481 e. The SMILES string of the molecule is O=C(O)CC1CCN(c2ccc(C3CCC(=O)NC4OC43)cn2)CC1. The average molecular weight is 345 g/mol. The number of rotatable bonds is 4. The molecule has 3 fully saturated rings. The van der Waals surface area contributed by atoms with Gasteiger partial charge in [-0.05, 0) is 36.8 Å². The Labute approximate surface area is 146 Å². The Balaban J connectivity index is 1.38. The van der Waals surface area contributed by atoms with Crippen LogP contribution in [0.3, 0.4) is 0 Å². The maximum atomic E-state index is 11.6. The number of carboxylic acid groups (broad SMARTS) is 1. The fourth-order valence-electron chi connectivity index (χ4n) is 4.00. The molecule has 7 heteroatoms. The summed E-state index contributed by atoms with van der Waals surface area (Å²) < 4.78 is 5.57. The minimum absolute atomic E-state index is 0.0591. The van der Waals surface area contributed by atoms with Crippen molar-refractivity contribution in [2.75, 3.05) is 18.0 Å². The molecule has 0 aliphatic carbocycles. The van der Waals surface area contributed by atoms with Crippen LogP contribution in [0.4, 0.5) is 5.82 Å². The van der Waals surface area contributed by atoms with Gasteiger partial charge >= 0.3 is 5.97 Å². The number of fused-ring (bicyclic) bond motifs is 1. The highest BCUT2D eigenvalue weighted by atomic mass is 16.6. The van der Waals surface area contributed by atoms with Gasteiger partial charge in [-0.25, -0.2) is 4.98 Å². The van der Waals surface area contributed by atoms with Crippen molar-refractivity contribution < 1.29 is 19.4 Å². The molecule has 0 spiro atoms. The summed E-state index contributed by atoms with van der Waals surface area (Å²) in [5, 5.41) is 11.8. The van der Waals surface area contributed by atoms with E-state index in [1.165, 1.54) is 0 Å². The summed E-state index contributed by atoms with van der Waals surface area (Å²) in [5.74, 6) is 0.773. The molecule has 7 nitrogen and oxygen atoms in total. The van der Waals surface area contributed by atoms with Crippen molar-refractivity contribution in [3.05, 3.63) is 23.9 Å². The van der Waals surface area contributed by atoms with Crippen molar-refractivity contribution in [3.8, 4) is 0 Å². The van der Waals surface area contributed by atoms with Gasteiger partial charge < -0.3 is 20.1 Å². The number of nitrogens with zero attached hydrogens (tertiary/aromatic N) is 2. The highest BCUT2D eigenvalue weighted by Crippen LogP contribution is 2.40. The zero-order chi connectivity index (χ0) is 17.4. The number of aromatic nitrogens is 1. The maximum Gasteiger partial charge on any atom is 0.303 e. The van der Waals surface area contributed by atoms with Crippen molar-refractivity contribution in [2.45, 2.75) is 50.4 Å². The van der Waals surface area contributed by atoms with Crippen molar-refractivity contribution >= 4 is 17.7 Å². The molecule has 134 valence electrons. The number of ether oxygens (including phenoxy) is 1. The number of hydrogen-bond donors (Lipinski definition) is 2. The van der Waals surface area contributed by atoms with Crippen molar-refractivity contribution in [3.63, 3.8) is 0 Å². The molecule has 1 amide bonds. The lowest BCUT2D eigenvalue weighted by atomic mass is 9.92. The number of carbonyl (C=O) groups is 2. The van der Waals surface area contributed by atoms with Crippen LogP contribution in [0.15, 0.2) is 18.3 Å². The van der Waals surface area contributed by atoms with Crippen LogP contribution in [0.5, 0.6) is 0 Å². The predicted molar refractivity (Wildman–Crippen MR) is 90.2 cm³/mol. The zero-order valence-electron chi connectivity index (χ0n) is 14.1. The second-order valence-corrected chi connectivity index (χ2v) is 7.21. The fourth-order valence-corrected chi connectivity index (χ4v) is 4.00. The van der Waals surface area contributed by atoms with Gasteiger partial charge in [-0.1, -0.05) is 6.07 Å². The number of carboxylic acids is 1. The van der Waals surface area contributed by atoms with Crippen molar-refractivity contribution in [2.24, 2.45) is 5.92 Å². The van der Waals surface area contributed by atoms with Gasteiger partial charge in [-0.15, -0.1) is 0 Å². The summed E-state index contributed by atoms with van der Waals surface area (Å²) in [6.07, 6.45) is 5.20. The first kappa shape index (κ1) is 16.3. The van der Waals surface area contributed by atoms with E-state index in [-0.39, 0.29) is 36.5 Å². The molecule has 0 aromatic carbocycles. The second kappa shape index (κ2) is 6.63. The number of piperidine rings is 1. The Morgan fingerprint density at radius 2 is 2.12 bits per heavy atom. The van der Waals surface area contributed by atoms with Crippen LogP contribution in [-0.4, -0.2) is 47.4 Å². The first-order valence-corrected chi connectivity index (χ1v) is 8.97. The fraction of sp³-hybridized carbons (Fsp3) is 0.611. The molecule has 4 heterocycles. The van der Waals surface area contributed by atoms with E-state index in [0.717, 1.165) is 43.7 Å². The van der Waals surface area contributed by atoms with E-state index in [1.807, 2.05) is 12.3 Å². The number of anilines is 1. The van der Waals surface area contributed by atoms with E-state index in [4.69, 9.17) is 9.84 Å². The molecule has 3 saturated heterocycles. The molecule has 3 aliphatic heterocycles. The molecule has 2 N–H and O–H groups in total. The van der Waals surface area contributed by atoms with Crippen molar-refractivity contribution in [1.82, 2.24) is 10.3 Å². The van der Waals surface area contributed by atoms with Gasteiger partial charge in [0.1, 0.15) is 11.9 Å². The van der Waals surface area contributed by atoms with Crippen LogP contribution >= 0.6 is 0 Å². The molecule has 3 unspecified atom stereocenters. The lowest BCUT2D eigenvalue weighted by Gasteiger charge is -2.32. The van der Waals surface area contributed by atoms with Crippen LogP contribution in [-0.2, 0) is 14.3 Å². The quantitative estimate of drug-likeness (QED) is 0.803. The average Bonchev–Trinajstić information content (AvgIpc) is 3.35. The molecule has 0 bridgehead atoms. The molecular formula is C18H23N3O4. The molecule has 25 heavy (non-hydrogen) atoms. The Morgan fingerprint density at radius 3 is 2.80 bits per heavy atom. The summed E-state index contributed by atoms with van der Waals surface area (Å²) in [6.45, 7) is 1.69. The van der Waals surface area contributed by atoms with Gasteiger partial charge in [0.05, 0.1) is 0 Å². The zero-order valence-corrected chi connectivity index (χ0v) is 14.1. The molecule has 3 atom stereocenters. The van der Waals surface area contributed by atoms with Gasteiger partial charge in [-0.3, -0.25) is 9.59 Å². The highest BCUT2D eigenvalue weighted by Gasteiger charge is 2.48. The summed E-state index contributed by atoms with van der Waals surface area (Å²) in [4.78, 5) is 29.3. The third-order valence-electron chi connectivity index (χ3n) is 5.51. The van der Waals surface area contributed by atoms with Gasteiger partial charge in [0, 0.05) is 38.0 Å². The molecule has 4 rings (SSSR count). The number of amides is 1. The number of hydrogen-bond acceptors (Lipinski definition) is 5. The Bertz CT molecular complexity index is 655. The first-order valence-electron chi connectivity index (χ1n) is 8.97. The molecule has 1 aromatic rings. The summed E-state index contributed by atoms with van der Waals surface area (Å²) >= 11 is 0. The number of aliphatic carboxylic acids is 1. The Kier molecular flexibility index (Phi) is 4.33. The Morgan fingerprint density at radius 1 is 1.32 bits per heavy atom. The second-order valence-electron chi connectivity index (χ2n) is 7.21. The maximum absolute atomic E-state index is 11.6. The molecular weight excluding hydrogens is 322 g/mol. The Hall–Kier alpha value is -2.15. The van der Waals surface area contributed by atoms with Crippen LogP contribution in [0.25, 0.3) is 0 Å². The number of pyridine rings is 1. The number of nitrogens with one attached hydrogen (secondary N) is 1. The summed E-state index contributed by atoms with van der Waals surface area (Å²) in [6, 6.07) is 4.12.